The topological polar surface area (TPSA) is 129 Å². The molecule has 1 aromatic carbocycles. The van der Waals surface area contributed by atoms with E-state index in [1.54, 1.807) is 0 Å². The summed E-state index contributed by atoms with van der Waals surface area (Å²) in [6, 6.07) is 4.13. The van der Waals surface area contributed by atoms with Gasteiger partial charge in [-0.25, -0.2) is 9.59 Å². The SMILES string of the molecule is CCc1ccc(C(=O)O)cc1C(=O)O.CS([O])(=O)=O. The maximum atomic E-state index is 10.8. The normalized spacial score (nSPS) is 10.3. The lowest BCUT2D eigenvalue weighted by molar-refractivity contribution is 0.0695. The van der Waals surface area contributed by atoms with Crippen molar-refractivity contribution in [2.75, 3.05) is 6.26 Å². The Hall–Kier alpha value is -1.93. The maximum Gasteiger partial charge on any atom is 0.335 e. The minimum Gasteiger partial charge on any atom is -0.478 e. The second-order valence-corrected chi connectivity index (χ2v) is 4.95. The van der Waals surface area contributed by atoms with E-state index in [1.807, 2.05) is 6.92 Å². The predicted octanol–water partition coefficient (Wildman–Crippen LogP) is 1.02. The van der Waals surface area contributed by atoms with Gasteiger partial charge in [0.15, 0.2) is 0 Å². The minimum atomic E-state index is -3.92. The van der Waals surface area contributed by atoms with Crippen LogP contribution in [-0.4, -0.2) is 36.8 Å². The van der Waals surface area contributed by atoms with Gasteiger partial charge in [0.1, 0.15) is 0 Å². The van der Waals surface area contributed by atoms with Gasteiger partial charge in [-0.15, -0.1) is 0 Å². The van der Waals surface area contributed by atoms with Crippen LogP contribution in [0.2, 0.25) is 0 Å². The van der Waals surface area contributed by atoms with Gasteiger partial charge in [0.25, 0.3) is 10.1 Å². The summed E-state index contributed by atoms with van der Waals surface area (Å²) in [6.07, 6.45) is 1.18. The summed E-state index contributed by atoms with van der Waals surface area (Å²) in [5, 5.41) is 17.5. The minimum absolute atomic E-state index is 0.000370. The van der Waals surface area contributed by atoms with Gasteiger partial charge in [0.2, 0.25) is 0 Å². The molecule has 8 heteroatoms. The van der Waals surface area contributed by atoms with Crippen LogP contribution in [0.15, 0.2) is 18.2 Å². The van der Waals surface area contributed by atoms with E-state index in [0.717, 1.165) is 0 Å². The fourth-order valence-corrected chi connectivity index (χ4v) is 1.22. The molecule has 0 amide bonds. The lowest BCUT2D eigenvalue weighted by Gasteiger charge is -2.03. The Bertz CT molecular complexity index is 567. The number of rotatable bonds is 3. The zero-order valence-corrected chi connectivity index (χ0v) is 11.1. The van der Waals surface area contributed by atoms with Crippen LogP contribution in [0.4, 0.5) is 0 Å². The van der Waals surface area contributed by atoms with E-state index in [1.165, 1.54) is 18.2 Å². The smallest absolute Gasteiger partial charge is 0.335 e. The molecule has 2 N–H and O–H groups in total. The molecule has 0 aliphatic heterocycles. The van der Waals surface area contributed by atoms with Gasteiger partial charge in [-0.1, -0.05) is 17.5 Å². The molecule has 0 heterocycles. The molecule has 1 rings (SSSR count). The fraction of sp³-hybridized carbons (Fsp3) is 0.273. The second kappa shape index (κ2) is 6.86. The molecule has 7 nitrogen and oxygen atoms in total. The van der Waals surface area contributed by atoms with E-state index in [2.05, 4.69) is 0 Å². The van der Waals surface area contributed by atoms with Crippen molar-refractivity contribution < 1.29 is 32.8 Å². The lowest BCUT2D eigenvalue weighted by atomic mass is 10.0. The third kappa shape index (κ3) is 7.17. The molecule has 0 saturated heterocycles. The highest BCUT2D eigenvalue weighted by Crippen LogP contribution is 2.13. The molecule has 1 aromatic rings. The average Bonchev–Trinajstić information content (AvgIpc) is 2.25. The van der Waals surface area contributed by atoms with Crippen LogP contribution in [0.5, 0.6) is 0 Å². The third-order valence-corrected chi connectivity index (χ3v) is 1.97. The Balaban J connectivity index is 0.000000555. The molecule has 1 radical (unpaired) electrons. The molecule has 105 valence electrons. The molecule has 0 aliphatic rings. The summed E-state index contributed by atoms with van der Waals surface area (Å²) in [5.74, 6) is -2.21. The summed E-state index contributed by atoms with van der Waals surface area (Å²) in [6.45, 7) is 1.82. The number of aryl methyl sites for hydroxylation is 1. The first-order chi connectivity index (χ1) is 8.56. The Morgan fingerprint density at radius 1 is 1.16 bits per heavy atom. The summed E-state index contributed by atoms with van der Waals surface area (Å²) >= 11 is 0. The molecule has 0 unspecified atom stereocenters. The first kappa shape index (κ1) is 17.1. The number of hydrogen-bond donors (Lipinski definition) is 2. The van der Waals surface area contributed by atoms with E-state index in [-0.39, 0.29) is 11.1 Å². The van der Waals surface area contributed by atoms with Gasteiger partial charge in [0, 0.05) is 0 Å². The zero-order valence-electron chi connectivity index (χ0n) is 10.3. The van der Waals surface area contributed by atoms with Crippen molar-refractivity contribution >= 4 is 22.1 Å². The van der Waals surface area contributed by atoms with E-state index < -0.39 is 22.1 Å². The molecule has 0 aliphatic carbocycles. The molecule has 0 bridgehead atoms. The van der Waals surface area contributed by atoms with E-state index >= 15 is 0 Å². The van der Waals surface area contributed by atoms with E-state index in [0.29, 0.717) is 18.2 Å². The molecule has 0 saturated carbocycles. The number of aromatic carboxylic acids is 2. The van der Waals surface area contributed by atoms with Gasteiger partial charge < -0.3 is 10.2 Å². The third-order valence-electron chi connectivity index (χ3n) is 1.97. The van der Waals surface area contributed by atoms with Crippen molar-refractivity contribution in [3.8, 4) is 0 Å². The predicted molar refractivity (Wildman–Crippen MR) is 65.3 cm³/mol. The maximum absolute atomic E-state index is 10.8. The number of benzene rings is 1. The quantitative estimate of drug-likeness (QED) is 0.854. The van der Waals surface area contributed by atoms with Crippen molar-refractivity contribution in [1.29, 1.82) is 0 Å². The van der Waals surface area contributed by atoms with Crippen molar-refractivity contribution in [2.45, 2.75) is 13.3 Å². The van der Waals surface area contributed by atoms with Crippen LogP contribution in [0.1, 0.15) is 33.2 Å². The first-order valence-electron chi connectivity index (χ1n) is 5.06. The standard InChI is InChI=1S/C10H10O4.CH3O3S/c1-2-6-3-4-7(9(11)12)5-8(6)10(13)14;1-5(2,3)4/h3-5H,2H2,1H3,(H,11,12)(H,13,14);1H3. The number of carboxylic acid groups (broad SMARTS) is 2. The van der Waals surface area contributed by atoms with E-state index in [4.69, 9.17) is 23.2 Å². The van der Waals surface area contributed by atoms with Gasteiger partial charge in [-0.3, -0.25) is 0 Å². The number of carboxylic acids is 2. The van der Waals surface area contributed by atoms with Gasteiger partial charge in [-0.2, -0.15) is 8.42 Å². The molecule has 0 atom stereocenters. The molecule has 0 aromatic heterocycles. The van der Waals surface area contributed by atoms with Gasteiger partial charge >= 0.3 is 11.9 Å². The molecular weight excluding hydrogens is 276 g/mol. The van der Waals surface area contributed by atoms with Crippen molar-refractivity contribution in [3.05, 3.63) is 34.9 Å². The highest BCUT2D eigenvalue weighted by atomic mass is 32.2. The Labute approximate surface area is 110 Å². The average molecular weight is 289 g/mol. The van der Waals surface area contributed by atoms with Crippen molar-refractivity contribution in [2.24, 2.45) is 0 Å². The summed E-state index contributed by atoms with van der Waals surface area (Å²) in [7, 11) is -3.92. The Morgan fingerprint density at radius 2 is 1.63 bits per heavy atom. The van der Waals surface area contributed by atoms with E-state index in [9.17, 15) is 9.59 Å². The summed E-state index contributed by atoms with van der Waals surface area (Å²) in [5.41, 5.74) is 0.703. The van der Waals surface area contributed by atoms with Crippen molar-refractivity contribution in [3.63, 3.8) is 0 Å². The van der Waals surface area contributed by atoms with Crippen LogP contribution in [0.25, 0.3) is 0 Å². The molecule has 19 heavy (non-hydrogen) atoms. The van der Waals surface area contributed by atoms with Crippen molar-refractivity contribution in [1.82, 2.24) is 0 Å². The first-order valence-corrected chi connectivity index (χ1v) is 6.88. The lowest BCUT2D eigenvalue weighted by Crippen LogP contribution is -2.05. The summed E-state index contributed by atoms with van der Waals surface area (Å²) < 4.78 is 27.2. The molecule has 0 fully saturated rings. The second-order valence-electron chi connectivity index (χ2n) is 3.54. The Morgan fingerprint density at radius 3 is 1.95 bits per heavy atom. The molecule has 0 spiro atoms. The largest absolute Gasteiger partial charge is 0.478 e. The van der Waals surface area contributed by atoms with Crippen LogP contribution in [0.3, 0.4) is 0 Å². The highest BCUT2D eigenvalue weighted by molar-refractivity contribution is 7.84. The van der Waals surface area contributed by atoms with Crippen LogP contribution >= 0.6 is 0 Å². The van der Waals surface area contributed by atoms with Crippen LogP contribution in [0, 0.1) is 0 Å². The van der Waals surface area contributed by atoms with Gasteiger partial charge in [0.05, 0.1) is 17.4 Å². The number of carbonyl (C=O) groups is 2. The van der Waals surface area contributed by atoms with Gasteiger partial charge in [-0.05, 0) is 24.1 Å². The summed E-state index contributed by atoms with van der Waals surface area (Å²) in [4.78, 5) is 21.3. The highest BCUT2D eigenvalue weighted by Gasteiger charge is 2.12. The zero-order chi connectivity index (χ0) is 15.2. The monoisotopic (exact) mass is 289 g/mol. The number of hydrogen-bond acceptors (Lipinski definition) is 4. The molecular formula is C11H13O7S. The fourth-order valence-electron chi connectivity index (χ4n) is 1.22. The van der Waals surface area contributed by atoms with Crippen LogP contribution < -0.4 is 0 Å². The van der Waals surface area contributed by atoms with Crippen LogP contribution in [-0.2, 0) is 21.1 Å². The Kier molecular flexibility index (Phi) is 6.16.